The molecule has 2 fully saturated rings. The Morgan fingerprint density at radius 1 is 1.13 bits per heavy atom. The van der Waals surface area contributed by atoms with Gasteiger partial charge in [0.05, 0.1) is 0 Å². The number of hydrogen-bond donors (Lipinski definition) is 1. The first-order chi connectivity index (χ1) is 6.77. The SMILES string of the molecule is CC1CCC(C)N1CC1CCCNC1.Cl. The average Bonchev–Trinajstić information content (AvgIpc) is 2.51. The van der Waals surface area contributed by atoms with Crippen molar-refractivity contribution in [2.45, 2.75) is 51.6 Å². The molecule has 2 rings (SSSR count). The van der Waals surface area contributed by atoms with Crippen molar-refractivity contribution in [1.82, 2.24) is 10.2 Å². The fourth-order valence-electron chi connectivity index (χ4n) is 2.99. The van der Waals surface area contributed by atoms with Crippen LogP contribution in [0.2, 0.25) is 0 Å². The van der Waals surface area contributed by atoms with Gasteiger partial charge in [-0.05, 0) is 58.5 Å². The smallest absolute Gasteiger partial charge is 0.00704 e. The summed E-state index contributed by atoms with van der Waals surface area (Å²) in [5.41, 5.74) is 0. The molecule has 0 saturated carbocycles. The lowest BCUT2D eigenvalue weighted by molar-refractivity contribution is 0.165. The summed E-state index contributed by atoms with van der Waals surface area (Å²) in [6, 6.07) is 1.65. The van der Waals surface area contributed by atoms with Gasteiger partial charge in [0.15, 0.2) is 0 Å². The van der Waals surface area contributed by atoms with E-state index in [1.54, 1.807) is 0 Å². The van der Waals surface area contributed by atoms with Gasteiger partial charge in [0.25, 0.3) is 0 Å². The van der Waals surface area contributed by atoms with Crippen molar-refractivity contribution >= 4 is 12.4 Å². The third kappa shape index (κ3) is 3.33. The molecule has 0 spiro atoms. The van der Waals surface area contributed by atoms with Gasteiger partial charge in [0, 0.05) is 18.6 Å². The van der Waals surface area contributed by atoms with Crippen LogP contribution in [0.3, 0.4) is 0 Å². The Hall–Kier alpha value is 0.210. The number of hydrogen-bond acceptors (Lipinski definition) is 2. The molecule has 0 aromatic carbocycles. The second-order valence-electron chi connectivity index (χ2n) is 5.18. The Morgan fingerprint density at radius 2 is 1.80 bits per heavy atom. The van der Waals surface area contributed by atoms with Crippen LogP contribution in [0.5, 0.6) is 0 Å². The van der Waals surface area contributed by atoms with Crippen LogP contribution in [-0.2, 0) is 0 Å². The minimum absolute atomic E-state index is 0. The van der Waals surface area contributed by atoms with E-state index in [4.69, 9.17) is 0 Å². The van der Waals surface area contributed by atoms with Gasteiger partial charge in [0.1, 0.15) is 0 Å². The second-order valence-corrected chi connectivity index (χ2v) is 5.18. The molecule has 3 heteroatoms. The van der Waals surface area contributed by atoms with E-state index in [0.717, 1.165) is 18.0 Å². The predicted octanol–water partition coefficient (Wildman–Crippen LogP) is 2.28. The van der Waals surface area contributed by atoms with E-state index in [1.807, 2.05) is 0 Å². The highest BCUT2D eigenvalue weighted by Gasteiger charge is 2.29. The van der Waals surface area contributed by atoms with Crippen LogP contribution in [0.1, 0.15) is 39.5 Å². The third-order valence-corrected chi connectivity index (χ3v) is 4.00. The summed E-state index contributed by atoms with van der Waals surface area (Å²) < 4.78 is 0. The highest BCUT2D eigenvalue weighted by molar-refractivity contribution is 5.85. The summed E-state index contributed by atoms with van der Waals surface area (Å²) in [5, 5.41) is 3.51. The molecule has 2 nitrogen and oxygen atoms in total. The molecule has 2 aliphatic heterocycles. The summed E-state index contributed by atoms with van der Waals surface area (Å²) >= 11 is 0. The zero-order chi connectivity index (χ0) is 9.97. The van der Waals surface area contributed by atoms with E-state index in [9.17, 15) is 0 Å². The first-order valence-electron chi connectivity index (χ1n) is 6.24. The van der Waals surface area contributed by atoms with Crippen molar-refractivity contribution in [3.63, 3.8) is 0 Å². The van der Waals surface area contributed by atoms with Gasteiger partial charge < -0.3 is 5.32 Å². The molecule has 0 aromatic rings. The van der Waals surface area contributed by atoms with Crippen molar-refractivity contribution in [3.8, 4) is 0 Å². The summed E-state index contributed by atoms with van der Waals surface area (Å²) in [6.45, 7) is 8.59. The van der Waals surface area contributed by atoms with Gasteiger partial charge in [-0.15, -0.1) is 12.4 Å². The first kappa shape index (κ1) is 13.3. The predicted molar refractivity (Wildman–Crippen MR) is 67.7 cm³/mol. The Bertz CT molecular complexity index is 170. The standard InChI is InChI=1S/C12H24N2.ClH/c1-10-5-6-11(2)14(10)9-12-4-3-7-13-8-12;/h10-13H,3-9H2,1-2H3;1H. The minimum atomic E-state index is 0. The number of rotatable bonds is 2. The van der Waals surface area contributed by atoms with E-state index < -0.39 is 0 Å². The van der Waals surface area contributed by atoms with Crippen LogP contribution in [0, 0.1) is 5.92 Å². The molecular weight excluding hydrogens is 208 g/mol. The highest BCUT2D eigenvalue weighted by atomic mass is 35.5. The zero-order valence-corrected chi connectivity index (χ0v) is 10.9. The van der Waals surface area contributed by atoms with Crippen molar-refractivity contribution < 1.29 is 0 Å². The Labute approximate surface area is 100 Å². The minimum Gasteiger partial charge on any atom is -0.316 e. The van der Waals surface area contributed by atoms with Crippen LogP contribution in [-0.4, -0.2) is 36.6 Å². The number of likely N-dealkylation sites (tertiary alicyclic amines) is 1. The lowest BCUT2D eigenvalue weighted by Crippen LogP contribution is -2.42. The Morgan fingerprint density at radius 3 is 2.33 bits per heavy atom. The van der Waals surface area contributed by atoms with E-state index in [1.165, 1.54) is 45.3 Å². The van der Waals surface area contributed by atoms with Crippen LogP contribution < -0.4 is 5.32 Å². The maximum absolute atomic E-state index is 3.51. The summed E-state index contributed by atoms with van der Waals surface area (Å²) in [7, 11) is 0. The van der Waals surface area contributed by atoms with Crippen LogP contribution in [0.25, 0.3) is 0 Å². The average molecular weight is 233 g/mol. The highest BCUT2D eigenvalue weighted by Crippen LogP contribution is 2.25. The first-order valence-corrected chi connectivity index (χ1v) is 6.24. The van der Waals surface area contributed by atoms with Gasteiger partial charge >= 0.3 is 0 Å². The molecule has 3 atom stereocenters. The number of nitrogens with one attached hydrogen (secondary N) is 1. The molecule has 0 aromatic heterocycles. The fraction of sp³-hybridized carbons (Fsp3) is 1.00. The van der Waals surface area contributed by atoms with Crippen molar-refractivity contribution in [2.24, 2.45) is 5.92 Å². The van der Waals surface area contributed by atoms with Crippen LogP contribution in [0.15, 0.2) is 0 Å². The third-order valence-electron chi connectivity index (χ3n) is 4.00. The van der Waals surface area contributed by atoms with Gasteiger partial charge in [0.2, 0.25) is 0 Å². The maximum Gasteiger partial charge on any atom is 0.00704 e. The van der Waals surface area contributed by atoms with E-state index in [-0.39, 0.29) is 12.4 Å². The number of piperidine rings is 1. The lowest BCUT2D eigenvalue weighted by Gasteiger charge is -2.32. The monoisotopic (exact) mass is 232 g/mol. The second kappa shape index (κ2) is 6.07. The number of halogens is 1. The normalized spacial score (nSPS) is 37.6. The fourth-order valence-corrected chi connectivity index (χ4v) is 2.99. The van der Waals surface area contributed by atoms with Gasteiger partial charge in [-0.1, -0.05) is 0 Å². The summed E-state index contributed by atoms with van der Waals surface area (Å²) in [6.07, 6.45) is 5.62. The summed E-state index contributed by atoms with van der Waals surface area (Å²) in [4.78, 5) is 2.72. The lowest BCUT2D eigenvalue weighted by atomic mass is 9.98. The Kier molecular flexibility index (Phi) is 5.37. The van der Waals surface area contributed by atoms with E-state index in [2.05, 4.69) is 24.1 Å². The van der Waals surface area contributed by atoms with Crippen molar-refractivity contribution in [2.75, 3.05) is 19.6 Å². The maximum atomic E-state index is 3.51. The molecule has 2 aliphatic rings. The molecule has 0 aliphatic carbocycles. The molecule has 3 unspecified atom stereocenters. The zero-order valence-electron chi connectivity index (χ0n) is 10.0. The molecule has 2 saturated heterocycles. The molecule has 90 valence electrons. The molecule has 0 radical (unpaired) electrons. The molecule has 2 heterocycles. The molecule has 0 bridgehead atoms. The number of nitrogens with zero attached hydrogens (tertiary/aromatic N) is 1. The molecule has 0 amide bonds. The molecular formula is C12H25ClN2. The van der Waals surface area contributed by atoms with Crippen LogP contribution >= 0.6 is 12.4 Å². The largest absolute Gasteiger partial charge is 0.316 e. The molecule has 15 heavy (non-hydrogen) atoms. The quantitative estimate of drug-likeness (QED) is 0.786. The topological polar surface area (TPSA) is 15.3 Å². The van der Waals surface area contributed by atoms with Gasteiger partial charge in [-0.2, -0.15) is 0 Å². The van der Waals surface area contributed by atoms with Crippen molar-refractivity contribution in [1.29, 1.82) is 0 Å². The van der Waals surface area contributed by atoms with Gasteiger partial charge in [-0.3, -0.25) is 4.90 Å². The summed E-state index contributed by atoms with van der Waals surface area (Å²) in [5.74, 6) is 0.909. The van der Waals surface area contributed by atoms with E-state index in [0.29, 0.717) is 0 Å². The Balaban J connectivity index is 0.00000112. The van der Waals surface area contributed by atoms with E-state index >= 15 is 0 Å². The van der Waals surface area contributed by atoms with Crippen LogP contribution in [0.4, 0.5) is 0 Å². The van der Waals surface area contributed by atoms with Gasteiger partial charge in [-0.25, -0.2) is 0 Å². The van der Waals surface area contributed by atoms with Crippen molar-refractivity contribution in [3.05, 3.63) is 0 Å². The molecule has 1 N–H and O–H groups in total.